The van der Waals surface area contributed by atoms with Crippen LogP contribution in [0.2, 0.25) is 0 Å². The highest BCUT2D eigenvalue weighted by Crippen LogP contribution is 2.13. The number of nitrogens with zero attached hydrogens (tertiary/aromatic N) is 2. The lowest BCUT2D eigenvalue weighted by Crippen LogP contribution is -2.44. The van der Waals surface area contributed by atoms with Crippen LogP contribution in [0.5, 0.6) is 0 Å². The van der Waals surface area contributed by atoms with Crippen LogP contribution in [0.4, 0.5) is 0 Å². The quantitative estimate of drug-likeness (QED) is 0.677. The van der Waals surface area contributed by atoms with Crippen molar-refractivity contribution >= 4 is 5.91 Å². The summed E-state index contributed by atoms with van der Waals surface area (Å²) in [5.41, 5.74) is 0. The van der Waals surface area contributed by atoms with Gasteiger partial charge in [-0.15, -0.1) is 0 Å². The summed E-state index contributed by atoms with van der Waals surface area (Å²) in [5, 5.41) is 6.38. The van der Waals surface area contributed by atoms with Gasteiger partial charge in [-0.25, -0.2) is 4.98 Å². The third-order valence-corrected chi connectivity index (χ3v) is 3.53. The molecule has 112 valence electrons. The highest BCUT2D eigenvalue weighted by atomic mass is 16.5. The fourth-order valence-electron chi connectivity index (χ4n) is 2.37. The predicted octanol–water partition coefficient (Wildman–Crippen LogP) is 0.404. The van der Waals surface area contributed by atoms with Gasteiger partial charge in [-0.05, 0) is 19.4 Å². The second-order valence-electron chi connectivity index (χ2n) is 5.15. The van der Waals surface area contributed by atoms with Gasteiger partial charge in [-0.2, -0.15) is 0 Å². The molecule has 2 atom stereocenters. The van der Waals surface area contributed by atoms with Gasteiger partial charge in [0.15, 0.2) is 0 Å². The molecule has 2 heterocycles. The first-order valence-corrected chi connectivity index (χ1v) is 7.36. The summed E-state index contributed by atoms with van der Waals surface area (Å²) >= 11 is 0. The van der Waals surface area contributed by atoms with Crippen molar-refractivity contribution in [1.82, 2.24) is 20.2 Å². The smallest absolute Gasteiger partial charge is 0.227 e. The number of aromatic nitrogens is 2. The van der Waals surface area contributed by atoms with Gasteiger partial charge in [0.05, 0.1) is 25.5 Å². The third kappa shape index (κ3) is 4.31. The lowest BCUT2D eigenvalue weighted by atomic mass is 10.0. The molecule has 0 bridgehead atoms. The molecule has 1 fully saturated rings. The van der Waals surface area contributed by atoms with Gasteiger partial charge < -0.3 is 19.9 Å². The van der Waals surface area contributed by atoms with E-state index < -0.39 is 0 Å². The van der Waals surface area contributed by atoms with Gasteiger partial charge in [0.1, 0.15) is 0 Å². The van der Waals surface area contributed by atoms with Crippen LogP contribution in [0.25, 0.3) is 0 Å². The average Bonchev–Trinajstić information content (AvgIpc) is 3.12. The molecule has 0 saturated carbocycles. The SMILES string of the molecule is CCCNC1COCC1C(=O)NCCCn1ccnc1. The van der Waals surface area contributed by atoms with E-state index in [4.69, 9.17) is 4.74 Å². The number of hydrogen-bond acceptors (Lipinski definition) is 4. The highest BCUT2D eigenvalue weighted by molar-refractivity contribution is 5.79. The number of nitrogens with one attached hydrogen (secondary N) is 2. The van der Waals surface area contributed by atoms with E-state index in [1.54, 1.807) is 12.5 Å². The van der Waals surface area contributed by atoms with Crippen molar-refractivity contribution in [3.63, 3.8) is 0 Å². The summed E-state index contributed by atoms with van der Waals surface area (Å²) in [7, 11) is 0. The standard InChI is InChI=1S/C14H24N4O2/c1-2-4-16-13-10-20-9-12(13)14(19)17-5-3-7-18-8-6-15-11-18/h6,8,11-13,16H,2-5,7,9-10H2,1H3,(H,17,19). The van der Waals surface area contributed by atoms with Gasteiger partial charge in [-0.3, -0.25) is 4.79 Å². The zero-order valence-corrected chi connectivity index (χ0v) is 12.0. The lowest BCUT2D eigenvalue weighted by Gasteiger charge is -2.18. The first-order valence-electron chi connectivity index (χ1n) is 7.36. The molecule has 1 amide bonds. The van der Waals surface area contributed by atoms with Crippen molar-refractivity contribution in [3.8, 4) is 0 Å². The van der Waals surface area contributed by atoms with E-state index in [1.165, 1.54) is 0 Å². The zero-order valence-electron chi connectivity index (χ0n) is 12.0. The molecule has 1 aromatic heterocycles. The van der Waals surface area contributed by atoms with Gasteiger partial charge in [-0.1, -0.05) is 6.92 Å². The number of hydrogen-bond donors (Lipinski definition) is 2. The van der Waals surface area contributed by atoms with Gasteiger partial charge in [0.2, 0.25) is 5.91 Å². The first-order chi connectivity index (χ1) is 9.81. The van der Waals surface area contributed by atoms with Crippen LogP contribution in [0, 0.1) is 5.92 Å². The molecule has 0 aromatic carbocycles. The Bertz CT molecular complexity index is 394. The maximum absolute atomic E-state index is 12.1. The van der Waals surface area contributed by atoms with E-state index in [2.05, 4.69) is 22.5 Å². The van der Waals surface area contributed by atoms with E-state index in [0.29, 0.717) is 19.8 Å². The molecular formula is C14H24N4O2. The Morgan fingerprint density at radius 1 is 1.45 bits per heavy atom. The Balaban J connectivity index is 1.65. The largest absolute Gasteiger partial charge is 0.379 e. The summed E-state index contributed by atoms with van der Waals surface area (Å²) in [4.78, 5) is 16.1. The summed E-state index contributed by atoms with van der Waals surface area (Å²) in [6.07, 6.45) is 7.45. The minimum atomic E-state index is -0.0604. The van der Waals surface area contributed by atoms with E-state index >= 15 is 0 Å². The summed E-state index contributed by atoms with van der Waals surface area (Å²) in [6, 6.07) is 0.156. The fourth-order valence-corrected chi connectivity index (χ4v) is 2.37. The molecule has 1 aromatic rings. The predicted molar refractivity (Wildman–Crippen MR) is 76.2 cm³/mol. The zero-order chi connectivity index (χ0) is 14.2. The van der Waals surface area contributed by atoms with Crippen molar-refractivity contribution in [2.24, 2.45) is 5.92 Å². The molecule has 1 aliphatic heterocycles. The molecule has 0 spiro atoms. The molecule has 0 radical (unpaired) electrons. The molecular weight excluding hydrogens is 256 g/mol. The summed E-state index contributed by atoms with van der Waals surface area (Å²) in [6.45, 7) is 5.77. The minimum absolute atomic E-state index is 0.0604. The maximum atomic E-state index is 12.1. The minimum Gasteiger partial charge on any atom is -0.379 e. The Morgan fingerprint density at radius 3 is 3.10 bits per heavy atom. The second-order valence-corrected chi connectivity index (χ2v) is 5.15. The van der Waals surface area contributed by atoms with Gasteiger partial charge >= 0.3 is 0 Å². The first kappa shape index (κ1) is 15.0. The third-order valence-electron chi connectivity index (χ3n) is 3.53. The molecule has 6 nitrogen and oxygen atoms in total. The summed E-state index contributed by atoms with van der Waals surface area (Å²) in [5.74, 6) is 0.0385. The Morgan fingerprint density at radius 2 is 2.35 bits per heavy atom. The fraction of sp³-hybridized carbons (Fsp3) is 0.714. The Hall–Kier alpha value is -1.40. The van der Waals surface area contributed by atoms with Crippen LogP contribution in [0.15, 0.2) is 18.7 Å². The van der Waals surface area contributed by atoms with Crippen molar-refractivity contribution in [2.45, 2.75) is 32.4 Å². The average molecular weight is 280 g/mol. The number of amides is 1. The molecule has 6 heteroatoms. The molecule has 2 unspecified atom stereocenters. The molecule has 2 rings (SSSR count). The van der Waals surface area contributed by atoms with Crippen LogP contribution in [-0.2, 0) is 16.1 Å². The maximum Gasteiger partial charge on any atom is 0.227 e. The van der Waals surface area contributed by atoms with Crippen LogP contribution in [-0.4, -0.2) is 47.8 Å². The van der Waals surface area contributed by atoms with E-state index in [9.17, 15) is 4.79 Å². The number of aryl methyl sites for hydroxylation is 1. The topological polar surface area (TPSA) is 68.2 Å². The summed E-state index contributed by atoms with van der Waals surface area (Å²) < 4.78 is 7.43. The molecule has 1 saturated heterocycles. The van der Waals surface area contributed by atoms with Crippen LogP contribution >= 0.6 is 0 Å². The number of carbonyl (C=O) groups is 1. The van der Waals surface area contributed by atoms with E-state index in [0.717, 1.165) is 25.9 Å². The number of imidazole rings is 1. The van der Waals surface area contributed by atoms with E-state index in [-0.39, 0.29) is 17.9 Å². The number of rotatable bonds is 8. The molecule has 0 aliphatic carbocycles. The number of carbonyl (C=O) groups excluding carboxylic acids is 1. The van der Waals surface area contributed by atoms with E-state index in [1.807, 2.05) is 10.8 Å². The van der Waals surface area contributed by atoms with Crippen molar-refractivity contribution in [3.05, 3.63) is 18.7 Å². The Kier molecular flexibility index (Phi) is 6.01. The lowest BCUT2D eigenvalue weighted by molar-refractivity contribution is -0.125. The molecule has 20 heavy (non-hydrogen) atoms. The number of ether oxygens (including phenoxy) is 1. The van der Waals surface area contributed by atoms with Crippen LogP contribution in [0.1, 0.15) is 19.8 Å². The van der Waals surface area contributed by atoms with Gasteiger partial charge in [0.25, 0.3) is 0 Å². The highest BCUT2D eigenvalue weighted by Gasteiger charge is 2.33. The second kappa shape index (κ2) is 8.01. The van der Waals surface area contributed by atoms with Crippen molar-refractivity contribution < 1.29 is 9.53 Å². The normalized spacial score (nSPS) is 22.1. The van der Waals surface area contributed by atoms with Crippen LogP contribution in [0.3, 0.4) is 0 Å². The van der Waals surface area contributed by atoms with Crippen molar-refractivity contribution in [1.29, 1.82) is 0 Å². The van der Waals surface area contributed by atoms with Crippen molar-refractivity contribution in [2.75, 3.05) is 26.3 Å². The van der Waals surface area contributed by atoms with Gasteiger partial charge in [0, 0.05) is 31.5 Å². The monoisotopic (exact) mass is 280 g/mol. The molecule has 1 aliphatic rings. The Labute approximate surface area is 119 Å². The van der Waals surface area contributed by atoms with Crippen LogP contribution < -0.4 is 10.6 Å². The molecule has 2 N–H and O–H groups in total.